The smallest absolute Gasteiger partial charge is 0.387 e. The molecule has 2 N–H and O–H groups in total. The Morgan fingerprint density at radius 1 is 1.28 bits per heavy atom. The monoisotopic (exact) mass is 279 g/mol. The summed E-state index contributed by atoms with van der Waals surface area (Å²) in [5, 5.41) is 12.8. The van der Waals surface area contributed by atoms with Gasteiger partial charge in [0.05, 0.1) is 11.7 Å². The van der Waals surface area contributed by atoms with Gasteiger partial charge in [0.2, 0.25) is 0 Å². The minimum Gasteiger partial charge on any atom is -0.387 e. The maximum Gasteiger partial charge on any atom is 0.416 e. The van der Waals surface area contributed by atoms with Crippen LogP contribution in [0.4, 0.5) is 13.2 Å². The van der Waals surface area contributed by atoms with E-state index < -0.39 is 17.8 Å². The van der Waals surface area contributed by atoms with Crippen molar-refractivity contribution in [2.24, 2.45) is 0 Å². The average Bonchev–Trinajstić information content (AvgIpc) is 2.33. The molecule has 0 aliphatic heterocycles. The lowest BCUT2D eigenvalue weighted by atomic mass is 10.1. The number of hydrogen-bond acceptors (Lipinski definition) is 3. The van der Waals surface area contributed by atoms with Gasteiger partial charge in [-0.1, -0.05) is 12.1 Å². The molecule has 0 aliphatic rings. The van der Waals surface area contributed by atoms with Crippen molar-refractivity contribution in [1.29, 1.82) is 0 Å². The molecule has 0 aliphatic carbocycles. The van der Waals surface area contributed by atoms with Crippen LogP contribution in [-0.2, 0) is 6.18 Å². The second-order valence-electron chi connectivity index (χ2n) is 3.83. The number of nitrogens with one attached hydrogen (secondary N) is 1. The van der Waals surface area contributed by atoms with E-state index in [1.54, 1.807) is 11.8 Å². The number of alkyl halides is 3. The summed E-state index contributed by atoms with van der Waals surface area (Å²) >= 11 is 1.68. The Morgan fingerprint density at radius 2 is 1.89 bits per heavy atom. The van der Waals surface area contributed by atoms with E-state index in [1.807, 2.05) is 6.26 Å². The first kappa shape index (κ1) is 15.3. The highest BCUT2D eigenvalue weighted by Gasteiger charge is 2.30. The minimum absolute atomic E-state index is 0.339. The highest BCUT2D eigenvalue weighted by Crippen LogP contribution is 2.29. The van der Waals surface area contributed by atoms with Gasteiger partial charge in [-0.15, -0.1) is 0 Å². The van der Waals surface area contributed by atoms with Crippen LogP contribution in [0.15, 0.2) is 24.3 Å². The van der Waals surface area contributed by atoms with E-state index in [0.717, 1.165) is 24.4 Å². The van der Waals surface area contributed by atoms with E-state index in [9.17, 15) is 18.3 Å². The molecule has 0 saturated heterocycles. The Kier molecular flexibility index (Phi) is 5.98. The fourth-order valence-corrected chi connectivity index (χ4v) is 1.77. The van der Waals surface area contributed by atoms with Gasteiger partial charge >= 0.3 is 6.18 Å². The third-order valence-electron chi connectivity index (χ3n) is 2.44. The van der Waals surface area contributed by atoms with Crippen LogP contribution in [-0.4, -0.2) is 30.2 Å². The summed E-state index contributed by atoms with van der Waals surface area (Å²) in [4.78, 5) is 0. The topological polar surface area (TPSA) is 32.3 Å². The standard InChI is InChI=1S/C12H16F3NOS/c1-18-7-6-16-8-11(17)9-2-4-10(5-3-9)12(13,14)15/h2-5,11,16-17H,6-8H2,1H3. The van der Waals surface area contributed by atoms with Gasteiger partial charge in [0.1, 0.15) is 0 Å². The van der Waals surface area contributed by atoms with E-state index >= 15 is 0 Å². The van der Waals surface area contributed by atoms with Gasteiger partial charge in [0, 0.05) is 18.8 Å². The number of rotatable bonds is 6. The molecule has 0 heterocycles. The number of halogens is 3. The average molecular weight is 279 g/mol. The van der Waals surface area contributed by atoms with E-state index in [1.165, 1.54) is 12.1 Å². The largest absolute Gasteiger partial charge is 0.416 e. The molecule has 18 heavy (non-hydrogen) atoms. The van der Waals surface area contributed by atoms with Gasteiger partial charge in [0.25, 0.3) is 0 Å². The van der Waals surface area contributed by atoms with Crippen LogP contribution < -0.4 is 5.32 Å². The summed E-state index contributed by atoms with van der Waals surface area (Å²) < 4.78 is 37.0. The number of benzene rings is 1. The molecule has 102 valence electrons. The molecule has 2 nitrogen and oxygen atoms in total. The number of thioether (sulfide) groups is 1. The first-order valence-corrected chi connectivity index (χ1v) is 6.89. The highest BCUT2D eigenvalue weighted by molar-refractivity contribution is 7.98. The molecule has 0 spiro atoms. The SMILES string of the molecule is CSCCNCC(O)c1ccc(C(F)(F)F)cc1. The van der Waals surface area contributed by atoms with Crippen molar-refractivity contribution in [2.45, 2.75) is 12.3 Å². The summed E-state index contributed by atoms with van der Waals surface area (Å²) in [6.45, 7) is 1.10. The Hall–Kier alpha value is -0.720. The minimum atomic E-state index is -4.33. The van der Waals surface area contributed by atoms with Crippen LogP contribution in [0, 0.1) is 0 Å². The van der Waals surface area contributed by atoms with Crippen LogP contribution >= 0.6 is 11.8 Å². The number of hydrogen-bond donors (Lipinski definition) is 2. The van der Waals surface area contributed by atoms with Crippen LogP contribution in [0.5, 0.6) is 0 Å². The number of aliphatic hydroxyl groups excluding tert-OH is 1. The lowest BCUT2D eigenvalue weighted by molar-refractivity contribution is -0.137. The van der Waals surface area contributed by atoms with Crippen LogP contribution in [0.2, 0.25) is 0 Å². The zero-order chi connectivity index (χ0) is 13.6. The summed E-state index contributed by atoms with van der Waals surface area (Å²) in [5.74, 6) is 0.930. The van der Waals surface area contributed by atoms with Crippen molar-refractivity contribution >= 4 is 11.8 Å². The molecule has 0 saturated carbocycles. The molecular formula is C12H16F3NOS. The fraction of sp³-hybridized carbons (Fsp3) is 0.500. The van der Waals surface area contributed by atoms with Crippen molar-refractivity contribution in [2.75, 3.05) is 25.1 Å². The molecule has 1 aromatic rings. The molecule has 0 aromatic heterocycles. The van der Waals surface area contributed by atoms with Crippen molar-refractivity contribution in [3.05, 3.63) is 35.4 Å². The molecule has 1 unspecified atom stereocenters. The molecule has 6 heteroatoms. The quantitative estimate of drug-likeness (QED) is 0.785. The molecule has 0 amide bonds. The second kappa shape index (κ2) is 7.01. The van der Waals surface area contributed by atoms with Crippen LogP contribution in [0.1, 0.15) is 17.2 Å². The number of aliphatic hydroxyl groups is 1. The first-order chi connectivity index (χ1) is 8.45. The molecule has 1 rings (SSSR count). The Balaban J connectivity index is 2.51. The van der Waals surface area contributed by atoms with Crippen molar-refractivity contribution in [1.82, 2.24) is 5.32 Å². The first-order valence-electron chi connectivity index (χ1n) is 5.50. The Labute approximate surface area is 109 Å². The predicted molar refractivity (Wildman–Crippen MR) is 67.7 cm³/mol. The summed E-state index contributed by atoms with van der Waals surface area (Å²) in [5.41, 5.74) is -0.214. The van der Waals surface area contributed by atoms with Gasteiger partial charge < -0.3 is 10.4 Å². The summed E-state index contributed by atoms with van der Waals surface area (Å²) in [7, 11) is 0. The Bertz CT molecular complexity index is 353. The molecule has 1 aromatic carbocycles. The van der Waals surface area contributed by atoms with E-state index in [4.69, 9.17) is 0 Å². The van der Waals surface area contributed by atoms with Gasteiger partial charge in [0.15, 0.2) is 0 Å². The third kappa shape index (κ3) is 4.88. The Morgan fingerprint density at radius 3 is 2.39 bits per heavy atom. The maximum absolute atomic E-state index is 12.3. The lowest BCUT2D eigenvalue weighted by Gasteiger charge is -2.13. The van der Waals surface area contributed by atoms with Crippen LogP contribution in [0.25, 0.3) is 0 Å². The van der Waals surface area contributed by atoms with E-state index in [0.29, 0.717) is 12.1 Å². The van der Waals surface area contributed by atoms with Gasteiger partial charge in [-0.3, -0.25) is 0 Å². The molecule has 1 atom stereocenters. The van der Waals surface area contributed by atoms with E-state index in [2.05, 4.69) is 5.32 Å². The van der Waals surface area contributed by atoms with Crippen molar-refractivity contribution in [3.63, 3.8) is 0 Å². The highest BCUT2D eigenvalue weighted by atomic mass is 32.2. The zero-order valence-corrected chi connectivity index (χ0v) is 10.8. The molecule has 0 fully saturated rings. The maximum atomic E-state index is 12.3. The third-order valence-corrected chi connectivity index (χ3v) is 3.06. The van der Waals surface area contributed by atoms with Crippen molar-refractivity contribution in [3.8, 4) is 0 Å². The fourth-order valence-electron chi connectivity index (χ4n) is 1.43. The van der Waals surface area contributed by atoms with Gasteiger partial charge in [-0.05, 0) is 24.0 Å². The van der Waals surface area contributed by atoms with Gasteiger partial charge in [-0.2, -0.15) is 24.9 Å². The molecule has 0 radical (unpaired) electrons. The molecular weight excluding hydrogens is 263 g/mol. The van der Waals surface area contributed by atoms with E-state index in [-0.39, 0.29) is 0 Å². The van der Waals surface area contributed by atoms with Crippen LogP contribution in [0.3, 0.4) is 0 Å². The normalized spacial score (nSPS) is 13.6. The second-order valence-corrected chi connectivity index (χ2v) is 4.82. The van der Waals surface area contributed by atoms with Crippen molar-refractivity contribution < 1.29 is 18.3 Å². The molecule has 0 bridgehead atoms. The van der Waals surface area contributed by atoms with Gasteiger partial charge in [-0.25, -0.2) is 0 Å². The predicted octanol–water partition coefficient (Wildman–Crippen LogP) is 2.69. The summed E-state index contributed by atoms with van der Waals surface area (Å²) in [6.07, 6.45) is -3.14. The zero-order valence-electron chi connectivity index (χ0n) is 10.00. The summed E-state index contributed by atoms with van der Waals surface area (Å²) in [6, 6.07) is 4.59. The lowest BCUT2D eigenvalue weighted by Crippen LogP contribution is -2.23.